The van der Waals surface area contributed by atoms with Crippen LogP contribution in [0.2, 0.25) is 0 Å². The van der Waals surface area contributed by atoms with Gasteiger partial charge in [0.1, 0.15) is 0 Å². The summed E-state index contributed by atoms with van der Waals surface area (Å²) in [5, 5.41) is 4.21. The predicted molar refractivity (Wildman–Crippen MR) is 117 cm³/mol. The van der Waals surface area contributed by atoms with Crippen LogP contribution in [0.15, 0.2) is 53.2 Å². The molecule has 1 unspecified atom stereocenters. The molecular weight excluding hydrogens is 402 g/mol. The molecule has 1 aromatic carbocycles. The van der Waals surface area contributed by atoms with Gasteiger partial charge in [-0.2, -0.15) is 0 Å². The second kappa shape index (κ2) is 8.05. The van der Waals surface area contributed by atoms with Crippen molar-refractivity contribution in [2.45, 2.75) is 18.9 Å². The summed E-state index contributed by atoms with van der Waals surface area (Å²) in [5.74, 6) is 1.55. The van der Waals surface area contributed by atoms with Crippen molar-refractivity contribution in [1.29, 1.82) is 0 Å². The van der Waals surface area contributed by atoms with Crippen LogP contribution in [0.3, 0.4) is 0 Å². The highest BCUT2D eigenvalue weighted by atomic mass is 32.1. The number of hydrogen-bond acceptors (Lipinski definition) is 5. The first kappa shape index (κ1) is 18.5. The summed E-state index contributed by atoms with van der Waals surface area (Å²) >= 11 is 3.49. The summed E-state index contributed by atoms with van der Waals surface area (Å²) in [5.41, 5.74) is 2.20. The molecule has 2 aliphatic rings. The lowest BCUT2D eigenvalue weighted by Crippen LogP contribution is -2.38. The van der Waals surface area contributed by atoms with Gasteiger partial charge >= 0.3 is 0 Å². The lowest BCUT2D eigenvalue weighted by Gasteiger charge is -2.34. The van der Waals surface area contributed by atoms with E-state index in [9.17, 15) is 4.79 Å². The van der Waals surface area contributed by atoms with E-state index in [1.807, 2.05) is 29.2 Å². The molecule has 3 aromatic rings. The van der Waals surface area contributed by atoms with E-state index >= 15 is 0 Å². The van der Waals surface area contributed by atoms with Crippen LogP contribution in [0.4, 0.5) is 0 Å². The SMILES string of the molecule is O=C(/C=C/c1ccc2c(c1)OCCCO2)N1CCc2sccc2C1c1cccs1. The molecule has 6 heteroatoms. The molecule has 4 heterocycles. The van der Waals surface area contributed by atoms with E-state index in [-0.39, 0.29) is 11.9 Å². The monoisotopic (exact) mass is 423 g/mol. The summed E-state index contributed by atoms with van der Waals surface area (Å²) in [6.07, 6.45) is 5.34. The van der Waals surface area contributed by atoms with Gasteiger partial charge < -0.3 is 14.4 Å². The Kier molecular flexibility index (Phi) is 5.12. The summed E-state index contributed by atoms with van der Waals surface area (Å²) in [6.45, 7) is 2.06. The number of ether oxygens (including phenoxy) is 2. The van der Waals surface area contributed by atoms with E-state index in [0.29, 0.717) is 13.2 Å². The van der Waals surface area contributed by atoms with Crippen LogP contribution in [-0.4, -0.2) is 30.6 Å². The van der Waals surface area contributed by atoms with Crippen molar-refractivity contribution in [2.75, 3.05) is 19.8 Å². The quantitative estimate of drug-likeness (QED) is 0.546. The van der Waals surface area contributed by atoms with E-state index < -0.39 is 0 Å². The molecule has 1 amide bonds. The Morgan fingerprint density at radius 3 is 2.83 bits per heavy atom. The fraction of sp³-hybridized carbons (Fsp3) is 0.261. The molecule has 29 heavy (non-hydrogen) atoms. The van der Waals surface area contributed by atoms with Crippen LogP contribution in [0.1, 0.15) is 33.3 Å². The Bertz CT molecular complexity index is 1040. The maximum absolute atomic E-state index is 13.1. The maximum atomic E-state index is 13.1. The summed E-state index contributed by atoms with van der Waals surface area (Å²) in [4.78, 5) is 17.7. The zero-order chi connectivity index (χ0) is 19.6. The molecule has 0 N–H and O–H groups in total. The number of amides is 1. The van der Waals surface area contributed by atoms with Crippen LogP contribution >= 0.6 is 22.7 Å². The highest BCUT2D eigenvalue weighted by Crippen LogP contribution is 2.39. The number of hydrogen-bond donors (Lipinski definition) is 0. The van der Waals surface area contributed by atoms with Crippen LogP contribution in [0.5, 0.6) is 11.5 Å². The van der Waals surface area contributed by atoms with Crippen molar-refractivity contribution in [3.63, 3.8) is 0 Å². The normalized spacial score (nSPS) is 18.5. The Labute approximate surface area is 178 Å². The van der Waals surface area contributed by atoms with Gasteiger partial charge in [0.15, 0.2) is 11.5 Å². The second-order valence-corrected chi connectivity index (χ2v) is 9.07. The molecule has 2 aliphatic heterocycles. The van der Waals surface area contributed by atoms with Gasteiger partial charge in [-0.05, 0) is 58.6 Å². The minimum Gasteiger partial charge on any atom is -0.490 e. The van der Waals surface area contributed by atoms with Gasteiger partial charge in [-0.15, -0.1) is 22.7 Å². The minimum absolute atomic E-state index is 0.00549. The largest absolute Gasteiger partial charge is 0.490 e. The second-order valence-electron chi connectivity index (χ2n) is 7.09. The van der Waals surface area contributed by atoms with Crippen molar-refractivity contribution in [1.82, 2.24) is 4.90 Å². The average molecular weight is 424 g/mol. The maximum Gasteiger partial charge on any atom is 0.247 e. The van der Waals surface area contributed by atoms with Crippen LogP contribution < -0.4 is 9.47 Å². The lowest BCUT2D eigenvalue weighted by molar-refractivity contribution is -0.127. The van der Waals surface area contributed by atoms with Crippen LogP contribution in [0.25, 0.3) is 6.08 Å². The van der Waals surface area contributed by atoms with Gasteiger partial charge in [0.25, 0.3) is 0 Å². The molecule has 0 aliphatic carbocycles. The molecule has 0 saturated heterocycles. The van der Waals surface area contributed by atoms with Crippen LogP contribution in [-0.2, 0) is 11.2 Å². The standard InChI is InChI=1S/C23H21NO3S2/c25-22(7-5-16-4-6-18-19(15-16)27-12-2-11-26-18)24-10-8-20-17(9-14-29-20)23(24)21-3-1-13-28-21/h1,3-7,9,13-15,23H,2,8,10-12H2/b7-5+. The fourth-order valence-electron chi connectivity index (χ4n) is 3.85. The van der Waals surface area contributed by atoms with Gasteiger partial charge in [0.05, 0.1) is 19.3 Å². The molecule has 0 spiro atoms. The number of rotatable bonds is 3. The van der Waals surface area contributed by atoms with Crippen molar-refractivity contribution >= 4 is 34.7 Å². The third kappa shape index (κ3) is 3.70. The number of carbonyl (C=O) groups is 1. The van der Waals surface area contributed by atoms with E-state index in [4.69, 9.17) is 9.47 Å². The predicted octanol–water partition coefficient (Wildman–Crippen LogP) is 5.16. The first-order valence-electron chi connectivity index (χ1n) is 9.77. The van der Waals surface area contributed by atoms with Gasteiger partial charge in [-0.1, -0.05) is 12.1 Å². The zero-order valence-corrected chi connectivity index (χ0v) is 17.5. The highest BCUT2D eigenvalue weighted by Gasteiger charge is 2.32. The molecule has 4 nitrogen and oxygen atoms in total. The van der Waals surface area contributed by atoms with E-state index in [1.165, 1.54) is 15.3 Å². The molecule has 0 fully saturated rings. The van der Waals surface area contributed by atoms with Crippen molar-refractivity contribution in [3.8, 4) is 11.5 Å². The number of nitrogens with zero attached hydrogens (tertiary/aromatic N) is 1. The third-order valence-corrected chi connectivity index (χ3v) is 7.17. The van der Waals surface area contributed by atoms with Gasteiger partial charge in [-0.25, -0.2) is 0 Å². The summed E-state index contributed by atoms with van der Waals surface area (Å²) in [6, 6.07) is 12.2. The molecule has 0 radical (unpaired) electrons. The van der Waals surface area contributed by atoms with Crippen molar-refractivity contribution < 1.29 is 14.3 Å². The Balaban J connectivity index is 1.39. The fourth-order valence-corrected chi connectivity index (χ4v) is 5.61. The van der Waals surface area contributed by atoms with Crippen LogP contribution in [0, 0.1) is 0 Å². The molecule has 0 bridgehead atoms. The Morgan fingerprint density at radius 2 is 1.97 bits per heavy atom. The van der Waals surface area contributed by atoms with Crippen molar-refractivity contribution in [3.05, 3.63) is 74.1 Å². The Morgan fingerprint density at radius 1 is 1.07 bits per heavy atom. The molecular formula is C23H21NO3S2. The Hall–Kier alpha value is -2.57. The number of thiophene rings is 2. The van der Waals surface area contributed by atoms with E-state index in [1.54, 1.807) is 28.7 Å². The zero-order valence-electron chi connectivity index (χ0n) is 15.9. The minimum atomic E-state index is 0.00549. The molecule has 0 saturated carbocycles. The number of benzene rings is 1. The lowest BCUT2D eigenvalue weighted by atomic mass is 9.98. The molecule has 5 rings (SSSR count). The summed E-state index contributed by atoms with van der Waals surface area (Å²) in [7, 11) is 0. The van der Waals surface area contributed by atoms with Gasteiger partial charge in [0, 0.05) is 28.8 Å². The topological polar surface area (TPSA) is 38.8 Å². The first-order chi connectivity index (χ1) is 14.3. The molecule has 1 atom stereocenters. The van der Waals surface area contributed by atoms with Gasteiger partial charge in [0.2, 0.25) is 5.91 Å². The average Bonchev–Trinajstić information content (AvgIpc) is 3.39. The highest BCUT2D eigenvalue weighted by molar-refractivity contribution is 7.10. The molecule has 148 valence electrons. The third-order valence-electron chi connectivity index (χ3n) is 5.25. The number of fused-ring (bicyclic) bond motifs is 2. The van der Waals surface area contributed by atoms with E-state index in [0.717, 1.165) is 36.4 Å². The van der Waals surface area contributed by atoms with E-state index in [2.05, 4.69) is 29.0 Å². The molecule has 2 aromatic heterocycles. The van der Waals surface area contributed by atoms with Crippen molar-refractivity contribution in [2.24, 2.45) is 0 Å². The summed E-state index contributed by atoms with van der Waals surface area (Å²) < 4.78 is 11.4. The smallest absolute Gasteiger partial charge is 0.247 e. The number of carbonyl (C=O) groups excluding carboxylic acids is 1. The first-order valence-corrected chi connectivity index (χ1v) is 11.5. The van der Waals surface area contributed by atoms with Gasteiger partial charge in [-0.3, -0.25) is 4.79 Å².